The molecule has 0 atom stereocenters. The van der Waals surface area contributed by atoms with Crippen LogP contribution in [0.25, 0.3) is 45.6 Å². The molecule has 0 radical (unpaired) electrons. The van der Waals surface area contributed by atoms with Crippen molar-refractivity contribution >= 4 is 92.7 Å². The first-order valence-electron chi connectivity index (χ1n) is 43.0. The van der Waals surface area contributed by atoms with E-state index in [0.29, 0.717) is 111 Å². The summed E-state index contributed by atoms with van der Waals surface area (Å²) in [7, 11) is 0. The molecular formula is C91H101N31O8. The number of hydrogen-bond acceptors (Lipinski definition) is 32. The monoisotopic (exact) mass is 1760 g/mol. The van der Waals surface area contributed by atoms with Crippen molar-refractivity contribution in [3.63, 3.8) is 0 Å². The molecule has 39 heteroatoms. The second kappa shape index (κ2) is 45.2. The van der Waals surface area contributed by atoms with Gasteiger partial charge in [0, 0.05) is 233 Å². The number of ether oxygens (including phenoxy) is 1. The zero-order valence-electron chi connectivity index (χ0n) is 72.6. The van der Waals surface area contributed by atoms with Crippen LogP contribution in [0.3, 0.4) is 0 Å². The van der Waals surface area contributed by atoms with Crippen LogP contribution < -0.4 is 77.5 Å². The highest BCUT2D eigenvalue weighted by Gasteiger charge is 2.26. The lowest BCUT2D eigenvalue weighted by molar-refractivity contribution is -0.114. The van der Waals surface area contributed by atoms with Gasteiger partial charge >= 0.3 is 0 Å². The summed E-state index contributed by atoms with van der Waals surface area (Å²) in [6.45, 7) is 25.0. The summed E-state index contributed by atoms with van der Waals surface area (Å²) in [4.78, 5) is 166. The van der Waals surface area contributed by atoms with E-state index in [-0.39, 0.29) is 70.2 Å². The van der Waals surface area contributed by atoms with Crippen LogP contribution in [0.1, 0.15) is 110 Å². The van der Waals surface area contributed by atoms with Crippen molar-refractivity contribution in [3.8, 4) is 51.4 Å². The maximum Gasteiger partial charge on any atom is 0.274 e. The summed E-state index contributed by atoms with van der Waals surface area (Å²) in [5, 5.41) is 30.4. The Bertz CT molecular complexity index is 5850. The second-order valence-corrected chi connectivity index (χ2v) is 30.6. The Morgan fingerprint density at radius 3 is 0.992 bits per heavy atom. The SMILES string of the molecule is CC(=O)Nc1ccc(-c2nccc(C(=O)Nc3cnccc3N3CCNCC3)n2)cn1.CC(C)NC(=O)c1ccc(-c2nccc(C(=O)Nc3cnccc3N3CCNCC3)n2)cn1.CCN(CC)C(=O)c1ccc(-c2nccc(C(=O)Nc3cnccc3N3CCNCC3)n2)cn1.O=C(Nc1cnccc1N1CCNCC1)c1ccnc(-c2ccc(OCC3CC3)nc2)n1. The summed E-state index contributed by atoms with van der Waals surface area (Å²) in [5.74, 6) is 1.25. The molecule has 1 saturated carbocycles. The van der Waals surface area contributed by atoms with Gasteiger partial charge < -0.3 is 82.4 Å². The molecule has 17 rings (SSSR count). The highest BCUT2D eigenvalue weighted by Crippen LogP contribution is 2.33. The molecule has 39 nitrogen and oxygen atoms in total. The van der Waals surface area contributed by atoms with E-state index in [9.17, 15) is 33.6 Å². The molecule has 7 amide bonds. The quantitative estimate of drug-likeness (QED) is 0.0261. The number of nitrogens with zero attached hydrogens (tertiary/aromatic N) is 21. The second-order valence-electron chi connectivity index (χ2n) is 30.6. The van der Waals surface area contributed by atoms with E-state index in [1.165, 1.54) is 44.6 Å². The number of piperazine rings is 4. The summed E-state index contributed by atoms with van der Waals surface area (Å²) in [5.41, 5.74) is 10.5. The zero-order chi connectivity index (χ0) is 90.5. The number of nitrogens with one attached hydrogen (secondary N) is 10. The van der Waals surface area contributed by atoms with Crippen molar-refractivity contribution in [1.82, 2.24) is 111 Å². The molecular weight excluding hydrogens is 1660 g/mol. The van der Waals surface area contributed by atoms with E-state index in [4.69, 9.17) is 4.74 Å². The first kappa shape index (κ1) is 90.9. The third kappa shape index (κ3) is 25.1. The first-order chi connectivity index (χ1) is 63.5. The molecule has 5 fully saturated rings. The Morgan fingerprint density at radius 1 is 0.369 bits per heavy atom. The van der Waals surface area contributed by atoms with Gasteiger partial charge in [0.25, 0.3) is 35.4 Å². The predicted octanol–water partition coefficient (Wildman–Crippen LogP) is 7.75. The molecule has 0 spiro atoms. The van der Waals surface area contributed by atoms with Gasteiger partial charge in [0.05, 0.1) is 76.9 Å². The Kier molecular flexibility index (Phi) is 31.6. The van der Waals surface area contributed by atoms with Gasteiger partial charge in [-0.25, -0.2) is 49.8 Å². The molecule has 1 aliphatic carbocycles. The maximum atomic E-state index is 13.0. The molecule has 12 aromatic heterocycles. The van der Waals surface area contributed by atoms with E-state index in [0.717, 1.165) is 133 Å². The standard InChI is InChI=1S/C24H28N8O2.C23H26N8O2.C23H25N7O2.C21H22N8O2/c1-3-31(4-2)24(34)19-6-5-17(15-28-19)22-27-10-7-18(29-22)23(33)30-20-16-26-9-8-21(20)32-13-11-25-12-14-32;1-15(2)28-22(32)17-4-3-16(13-27-17)21-26-8-5-18(29-21)23(33)30-19-14-25-7-6-20(19)31-11-9-24-10-12-31;31-23(29-19-14-25-7-6-20(19)30-11-9-24-10-12-30)18-5-8-26-22(28-18)17-3-4-21(27-13-17)32-15-16-1-2-16;1-14(30)26-19-3-2-15(12-25-19)20-24-7-4-16(27-20)21(31)28-17-13-23-6-5-18(17)29-10-8-22-9-11-29/h5-10,15-16,25H,3-4,11-14H2,1-2H3,(H,30,33);3-8,13-15,24H,9-12H2,1-2H3,(H,28,32)(H,30,33);3-8,13-14,16,24H,1-2,9-12,15H2,(H,29,31);2-7,12-13,22H,8-11H2,1H3,(H,28,31)(H,25,26,30). The Labute approximate surface area is 750 Å². The molecule has 4 aliphatic heterocycles. The van der Waals surface area contributed by atoms with Gasteiger partial charge in [0.2, 0.25) is 11.8 Å². The average molecular weight is 1760 g/mol. The molecule has 668 valence electrons. The van der Waals surface area contributed by atoms with Crippen molar-refractivity contribution < 1.29 is 38.3 Å². The molecule has 130 heavy (non-hydrogen) atoms. The minimum Gasteiger partial charge on any atom is -0.477 e. The molecule has 0 aromatic carbocycles. The summed E-state index contributed by atoms with van der Waals surface area (Å²) in [6, 6.07) is 27.7. The molecule has 5 aliphatic rings. The minimum atomic E-state index is -0.357. The third-order valence-corrected chi connectivity index (χ3v) is 21.0. The van der Waals surface area contributed by atoms with Crippen LogP contribution in [0.2, 0.25) is 0 Å². The largest absolute Gasteiger partial charge is 0.477 e. The number of rotatable bonds is 25. The highest BCUT2D eigenvalue weighted by molar-refractivity contribution is 6.07. The van der Waals surface area contributed by atoms with Crippen molar-refractivity contribution in [2.75, 3.05) is 171 Å². The van der Waals surface area contributed by atoms with E-state index >= 15 is 0 Å². The lowest BCUT2D eigenvalue weighted by Crippen LogP contribution is -2.43. The van der Waals surface area contributed by atoms with E-state index in [2.05, 4.69) is 153 Å². The average Bonchev–Trinajstić information content (AvgIpc) is 0.992. The van der Waals surface area contributed by atoms with Crippen molar-refractivity contribution in [3.05, 3.63) is 230 Å². The van der Waals surface area contributed by atoms with Crippen LogP contribution in [0.15, 0.2) is 196 Å². The van der Waals surface area contributed by atoms with Crippen molar-refractivity contribution in [2.24, 2.45) is 5.92 Å². The van der Waals surface area contributed by atoms with Crippen LogP contribution >= 0.6 is 0 Å². The van der Waals surface area contributed by atoms with Crippen LogP contribution in [-0.4, -0.2) is 256 Å². The Hall–Kier alpha value is -15.4. The van der Waals surface area contributed by atoms with E-state index < -0.39 is 0 Å². The highest BCUT2D eigenvalue weighted by atomic mass is 16.5. The smallest absolute Gasteiger partial charge is 0.274 e. The number of pyridine rings is 8. The van der Waals surface area contributed by atoms with Gasteiger partial charge in [-0.05, 0) is 137 Å². The van der Waals surface area contributed by atoms with Gasteiger partial charge in [-0.3, -0.25) is 63.5 Å². The number of anilines is 9. The Balaban J connectivity index is 0.000000140. The zero-order valence-corrected chi connectivity index (χ0v) is 72.6. The number of carbonyl (C=O) groups is 7. The van der Waals surface area contributed by atoms with Gasteiger partial charge in [-0.2, -0.15) is 0 Å². The fourth-order valence-corrected chi connectivity index (χ4v) is 14.1. The number of hydrogen-bond donors (Lipinski definition) is 10. The minimum absolute atomic E-state index is 0.0180. The molecule has 0 unspecified atom stereocenters. The maximum absolute atomic E-state index is 13.0. The number of carbonyl (C=O) groups excluding carboxylic acids is 7. The van der Waals surface area contributed by atoms with Crippen LogP contribution in [-0.2, 0) is 4.79 Å². The molecule has 4 saturated heterocycles. The molecule has 12 aromatic rings. The van der Waals surface area contributed by atoms with Gasteiger partial charge in [-0.15, -0.1) is 0 Å². The number of aromatic nitrogens is 16. The summed E-state index contributed by atoms with van der Waals surface area (Å²) < 4.78 is 5.68. The summed E-state index contributed by atoms with van der Waals surface area (Å²) in [6.07, 6.45) is 28.4. The fourth-order valence-electron chi connectivity index (χ4n) is 14.1. The first-order valence-corrected chi connectivity index (χ1v) is 43.0. The molecule has 0 bridgehead atoms. The van der Waals surface area contributed by atoms with Crippen LogP contribution in [0.5, 0.6) is 5.88 Å². The van der Waals surface area contributed by atoms with Gasteiger partial charge in [0.1, 0.15) is 40.0 Å². The Morgan fingerprint density at radius 2 is 0.700 bits per heavy atom. The molecule has 16 heterocycles. The van der Waals surface area contributed by atoms with E-state index in [1.807, 2.05) is 64.1 Å². The lowest BCUT2D eigenvalue weighted by atomic mass is 10.2. The number of amides is 7. The van der Waals surface area contributed by atoms with E-state index in [1.54, 1.807) is 140 Å². The normalized spacial score (nSPS) is 14.1. The summed E-state index contributed by atoms with van der Waals surface area (Å²) >= 11 is 0. The predicted molar refractivity (Wildman–Crippen MR) is 493 cm³/mol. The van der Waals surface area contributed by atoms with Crippen molar-refractivity contribution in [1.29, 1.82) is 0 Å². The molecule has 10 N–H and O–H groups in total. The fraction of sp³-hybridized carbons (Fsp3) is 0.308. The van der Waals surface area contributed by atoms with Crippen LogP contribution in [0.4, 0.5) is 51.3 Å². The van der Waals surface area contributed by atoms with Gasteiger partial charge in [-0.1, -0.05) is 0 Å². The van der Waals surface area contributed by atoms with Crippen LogP contribution in [0, 0.1) is 5.92 Å². The van der Waals surface area contributed by atoms with Gasteiger partial charge in [0.15, 0.2) is 23.3 Å². The third-order valence-electron chi connectivity index (χ3n) is 21.0. The topological polar surface area (TPSA) is 471 Å². The van der Waals surface area contributed by atoms with Crippen molar-refractivity contribution in [2.45, 2.75) is 53.5 Å². The lowest BCUT2D eigenvalue weighted by Gasteiger charge is -2.30.